The van der Waals surface area contributed by atoms with Crippen molar-refractivity contribution in [3.05, 3.63) is 41.1 Å². The van der Waals surface area contributed by atoms with E-state index in [2.05, 4.69) is 9.97 Å². The molecule has 1 aromatic heterocycles. The fourth-order valence-corrected chi connectivity index (χ4v) is 2.30. The minimum absolute atomic E-state index is 0.508. The van der Waals surface area contributed by atoms with Gasteiger partial charge in [-0.2, -0.15) is 0 Å². The molecule has 5 heteroatoms. The average Bonchev–Trinajstić information content (AvgIpc) is 2.48. The van der Waals surface area contributed by atoms with Gasteiger partial charge in [-0.1, -0.05) is 24.3 Å². The van der Waals surface area contributed by atoms with Crippen LogP contribution in [0, 0.1) is 0 Å². The number of benzene rings is 1. The highest BCUT2D eigenvalue weighted by molar-refractivity contribution is 5.59. The molecule has 2 N–H and O–H groups in total. The summed E-state index contributed by atoms with van der Waals surface area (Å²) in [5.74, 6) is 1.19. The normalized spacial score (nSPS) is 14.1. The molecule has 1 aromatic carbocycles. The number of nitrogen functional groups attached to an aromatic ring is 1. The van der Waals surface area contributed by atoms with Crippen LogP contribution in [-0.2, 0) is 29.1 Å². The Bertz CT molecular complexity index is 611. The third kappa shape index (κ3) is 2.50. The van der Waals surface area contributed by atoms with Crippen LogP contribution in [0.15, 0.2) is 24.3 Å². The van der Waals surface area contributed by atoms with Crippen molar-refractivity contribution in [3.8, 4) is 11.4 Å². The summed E-state index contributed by atoms with van der Waals surface area (Å²) >= 11 is 0. The predicted molar refractivity (Wildman–Crippen MR) is 76.0 cm³/mol. The molecular weight excluding hydrogens is 254 g/mol. The third-order valence-corrected chi connectivity index (χ3v) is 3.38. The zero-order chi connectivity index (χ0) is 13.9. The Kier molecular flexibility index (Phi) is 3.62. The van der Waals surface area contributed by atoms with Gasteiger partial charge in [0, 0.05) is 24.7 Å². The van der Waals surface area contributed by atoms with E-state index in [9.17, 15) is 0 Å². The fraction of sp³-hybridized carbons (Fsp3) is 0.333. The van der Waals surface area contributed by atoms with Crippen LogP contribution in [0.5, 0.6) is 0 Å². The summed E-state index contributed by atoms with van der Waals surface area (Å²) in [6.45, 7) is 1.80. The topological polar surface area (TPSA) is 70.3 Å². The van der Waals surface area contributed by atoms with E-state index < -0.39 is 0 Å². The Morgan fingerprint density at radius 1 is 1.25 bits per heavy atom. The molecule has 0 unspecified atom stereocenters. The van der Waals surface area contributed by atoms with Crippen LogP contribution in [0.3, 0.4) is 0 Å². The molecule has 2 heterocycles. The monoisotopic (exact) mass is 271 g/mol. The number of hydrogen-bond acceptors (Lipinski definition) is 5. The van der Waals surface area contributed by atoms with E-state index in [4.69, 9.17) is 15.2 Å². The average molecular weight is 271 g/mol. The van der Waals surface area contributed by atoms with Crippen LogP contribution < -0.4 is 5.73 Å². The summed E-state index contributed by atoms with van der Waals surface area (Å²) in [6.07, 6.45) is 0.789. The summed E-state index contributed by atoms with van der Waals surface area (Å²) in [5, 5.41) is 0. The summed E-state index contributed by atoms with van der Waals surface area (Å²) in [7, 11) is 1.68. The van der Waals surface area contributed by atoms with Gasteiger partial charge in [-0.3, -0.25) is 0 Å². The van der Waals surface area contributed by atoms with Gasteiger partial charge < -0.3 is 15.2 Å². The largest absolute Gasteiger partial charge is 0.383 e. The second kappa shape index (κ2) is 5.56. The maximum Gasteiger partial charge on any atom is 0.161 e. The van der Waals surface area contributed by atoms with Gasteiger partial charge in [0.15, 0.2) is 5.82 Å². The first kappa shape index (κ1) is 13.0. The first-order valence-corrected chi connectivity index (χ1v) is 6.59. The molecule has 0 bridgehead atoms. The summed E-state index contributed by atoms with van der Waals surface area (Å²) in [4.78, 5) is 9.01. The molecule has 3 rings (SSSR count). The molecule has 0 atom stereocenters. The Morgan fingerprint density at radius 2 is 2.05 bits per heavy atom. The molecule has 0 spiro atoms. The molecule has 20 heavy (non-hydrogen) atoms. The van der Waals surface area contributed by atoms with Gasteiger partial charge >= 0.3 is 0 Å². The van der Waals surface area contributed by atoms with Crippen molar-refractivity contribution in [2.75, 3.05) is 19.5 Å². The smallest absolute Gasteiger partial charge is 0.161 e. The summed E-state index contributed by atoms with van der Waals surface area (Å²) < 4.78 is 10.5. The molecule has 104 valence electrons. The van der Waals surface area contributed by atoms with Crippen molar-refractivity contribution in [1.82, 2.24) is 9.97 Å². The van der Waals surface area contributed by atoms with Gasteiger partial charge in [-0.15, -0.1) is 0 Å². The quantitative estimate of drug-likeness (QED) is 0.923. The number of nitrogens with two attached hydrogens (primary N) is 1. The lowest BCUT2D eigenvalue weighted by molar-refractivity contribution is 0.109. The van der Waals surface area contributed by atoms with E-state index in [1.165, 1.54) is 0 Å². The van der Waals surface area contributed by atoms with Crippen LogP contribution in [-0.4, -0.2) is 23.7 Å². The number of anilines is 1. The SMILES string of the molecule is COCc1ccc(-c2nc(N)c3c(n2)CCOC3)cc1. The van der Waals surface area contributed by atoms with E-state index in [0.29, 0.717) is 31.5 Å². The van der Waals surface area contributed by atoms with Crippen molar-refractivity contribution >= 4 is 5.82 Å². The molecule has 5 nitrogen and oxygen atoms in total. The number of methoxy groups -OCH3 is 1. The predicted octanol–water partition coefficient (Wildman–Crippen LogP) is 1.94. The molecule has 2 aromatic rings. The maximum absolute atomic E-state index is 6.01. The van der Waals surface area contributed by atoms with Crippen LogP contribution in [0.25, 0.3) is 11.4 Å². The van der Waals surface area contributed by atoms with Crippen molar-refractivity contribution in [3.63, 3.8) is 0 Å². The highest BCUT2D eigenvalue weighted by Gasteiger charge is 2.17. The standard InChI is InChI=1S/C15H17N3O2/c1-19-8-10-2-4-11(5-3-10)15-17-13-6-7-20-9-12(13)14(16)18-15/h2-5H,6-9H2,1H3,(H2,16,17,18). The van der Waals surface area contributed by atoms with E-state index in [1.54, 1.807) is 7.11 Å². The maximum atomic E-state index is 6.01. The molecule has 0 aliphatic carbocycles. The molecule has 0 saturated heterocycles. The van der Waals surface area contributed by atoms with Crippen molar-refractivity contribution in [2.24, 2.45) is 0 Å². The van der Waals surface area contributed by atoms with Gasteiger partial charge in [-0.05, 0) is 5.56 Å². The zero-order valence-electron chi connectivity index (χ0n) is 11.4. The summed E-state index contributed by atoms with van der Waals surface area (Å²) in [5.41, 5.74) is 10.0. The van der Waals surface area contributed by atoms with E-state index >= 15 is 0 Å². The van der Waals surface area contributed by atoms with Crippen LogP contribution in [0.1, 0.15) is 16.8 Å². The molecule has 0 fully saturated rings. The molecule has 0 amide bonds. The molecular formula is C15H17N3O2. The number of aromatic nitrogens is 2. The molecule has 0 radical (unpaired) electrons. The highest BCUT2D eigenvalue weighted by atomic mass is 16.5. The number of nitrogens with zero attached hydrogens (tertiary/aromatic N) is 2. The Labute approximate surface area is 117 Å². The summed E-state index contributed by atoms with van der Waals surface area (Å²) in [6, 6.07) is 8.02. The van der Waals surface area contributed by atoms with Gasteiger partial charge in [0.1, 0.15) is 5.82 Å². The van der Waals surface area contributed by atoms with Gasteiger partial charge in [-0.25, -0.2) is 9.97 Å². The lowest BCUT2D eigenvalue weighted by atomic mass is 10.1. The van der Waals surface area contributed by atoms with Crippen molar-refractivity contribution in [1.29, 1.82) is 0 Å². The van der Waals surface area contributed by atoms with Gasteiger partial charge in [0.25, 0.3) is 0 Å². The van der Waals surface area contributed by atoms with Crippen LogP contribution >= 0.6 is 0 Å². The van der Waals surface area contributed by atoms with Gasteiger partial charge in [0.2, 0.25) is 0 Å². The second-order valence-electron chi connectivity index (χ2n) is 4.79. The van der Waals surface area contributed by atoms with Gasteiger partial charge in [0.05, 0.1) is 25.5 Å². The second-order valence-corrected chi connectivity index (χ2v) is 4.79. The van der Waals surface area contributed by atoms with E-state index in [1.807, 2.05) is 24.3 Å². The number of fused-ring (bicyclic) bond motifs is 1. The van der Waals surface area contributed by atoms with Crippen molar-refractivity contribution in [2.45, 2.75) is 19.6 Å². The zero-order valence-corrected chi connectivity index (χ0v) is 11.4. The third-order valence-electron chi connectivity index (χ3n) is 3.38. The first-order chi connectivity index (χ1) is 9.78. The number of hydrogen-bond donors (Lipinski definition) is 1. The molecule has 1 aliphatic heterocycles. The molecule has 1 aliphatic rings. The first-order valence-electron chi connectivity index (χ1n) is 6.59. The Hall–Kier alpha value is -1.98. The number of ether oxygens (including phenoxy) is 2. The van der Waals surface area contributed by atoms with Crippen molar-refractivity contribution < 1.29 is 9.47 Å². The molecule has 0 saturated carbocycles. The Balaban J connectivity index is 1.95. The lowest BCUT2D eigenvalue weighted by Crippen LogP contribution is -2.16. The highest BCUT2D eigenvalue weighted by Crippen LogP contribution is 2.24. The fourth-order valence-electron chi connectivity index (χ4n) is 2.30. The lowest BCUT2D eigenvalue weighted by Gasteiger charge is -2.17. The minimum atomic E-state index is 0.508. The van der Waals surface area contributed by atoms with Crippen LogP contribution in [0.2, 0.25) is 0 Å². The minimum Gasteiger partial charge on any atom is -0.383 e. The number of rotatable bonds is 3. The van der Waals surface area contributed by atoms with E-state index in [0.717, 1.165) is 28.8 Å². The van der Waals surface area contributed by atoms with E-state index in [-0.39, 0.29) is 0 Å². The Morgan fingerprint density at radius 3 is 2.80 bits per heavy atom. The van der Waals surface area contributed by atoms with Crippen LogP contribution in [0.4, 0.5) is 5.82 Å².